The van der Waals surface area contributed by atoms with Crippen molar-refractivity contribution in [2.24, 2.45) is 0 Å². The smallest absolute Gasteiger partial charge is 0.253 e. The summed E-state index contributed by atoms with van der Waals surface area (Å²) in [5.74, 6) is 0.103. The molecule has 1 amide bonds. The van der Waals surface area contributed by atoms with Gasteiger partial charge in [-0.1, -0.05) is 30.3 Å². The molecule has 0 saturated carbocycles. The van der Waals surface area contributed by atoms with E-state index in [1.54, 1.807) is 11.3 Å². The first-order valence-electron chi connectivity index (χ1n) is 11.8. The number of anilines is 1. The summed E-state index contributed by atoms with van der Waals surface area (Å²) < 4.78 is 0. The van der Waals surface area contributed by atoms with Gasteiger partial charge in [0.05, 0.1) is 0 Å². The Morgan fingerprint density at radius 3 is 2.18 bits per heavy atom. The van der Waals surface area contributed by atoms with E-state index in [0.717, 1.165) is 63.5 Å². The van der Waals surface area contributed by atoms with E-state index in [-0.39, 0.29) is 5.91 Å². The summed E-state index contributed by atoms with van der Waals surface area (Å²) in [5.41, 5.74) is 4.36. The number of nitrogens with zero attached hydrogens (tertiary/aromatic N) is 1. The van der Waals surface area contributed by atoms with Gasteiger partial charge in [-0.05, 0) is 67.1 Å². The van der Waals surface area contributed by atoms with Gasteiger partial charge >= 0.3 is 0 Å². The van der Waals surface area contributed by atoms with Crippen LogP contribution in [0.5, 0.6) is 0 Å². The van der Waals surface area contributed by atoms with E-state index in [1.807, 2.05) is 30.9 Å². The van der Waals surface area contributed by atoms with Crippen molar-refractivity contribution in [1.29, 1.82) is 0 Å². The highest BCUT2D eigenvalue weighted by atomic mass is 32.1. The van der Waals surface area contributed by atoms with Crippen LogP contribution < -0.4 is 16.0 Å². The Morgan fingerprint density at radius 1 is 0.909 bits per heavy atom. The highest BCUT2D eigenvalue weighted by Gasteiger charge is 2.12. The number of rotatable bonds is 8. The number of hydrogen-bond acceptors (Lipinski definition) is 5. The Balaban J connectivity index is 0.000000442. The average molecular weight is 465 g/mol. The molecule has 5 nitrogen and oxygen atoms in total. The van der Waals surface area contributed by atoms with E-state index < -0.39 is 0 Å². The maximum atomic E-state index is 12.4. The molecule has 3 aromatic rings. The molecule has 0 bridgehead atoms. The normalized spacial score (nSPS) is 13.0. The molecule has 0 spiro atoms. The van der Waals surface area contributed by atoms with Crippen molar-refractivity contribution < 1.29 is 4.79 Å². The van der Waals surface area contributed by atoms with Gasteiger partial charge in [0, 0.05) is 61.9 Å². The molecule has 176 valence electrons. The number of benzene rings is 2. The van der Waals surface area contributed by atoms with E-state index in [0.29, 0.717) is 0 Å². The largest absolute Gasteiger partial charge is 0.380 e. The number of nitrogens with one attached hydrogen (secondary N) is 3. The minimum Gasteiger partial charge on any atom is -0.380 e. The Bertz CT molecular complexity index is 937. The zero-order valence-electron chi connectivity index (χ0n) is 19.8. The van der Waals surface area contributed by atoms with Crippen LogP contribution in [0.1, 0.15) is 40.2 Å². The number of amides is 1. The first-order valence-corrected chi connectivity index (χ1v) is 12.7. The summed E-state index contributed by atoms with van der Waals surface area (Å²) in [5, 5.41) is 12.0. The zero-order valence-corrected chi connectivity index (χ0v) is 20.6. The maximum absolute atomic E-state index is 12.4. The second kappa shape index (κ2) is 13.8. The Kier molecular flexibility index (Phi) is 10.4. The predicted octanol–water partition coefficient (Wildman–Crippen LogP) is 4.61. The van der Waals surface area contributed by atoms with Crippen molar-refractivity contribution in [3.05, 3.63) is 87.6 Å². The third-order valence-electron chi connectivity index (χ3n) is 5.59. The quantitative estimate of drug-likeness (QED) is 0.456. The van der Waals surface area contributed by atoms with Gasteiger partial charge in [0.15, 0.2) is 0 Å². The molecule has 1 aliphatic heterocycles. The number of carbonyl (C=O) groups is 1. The molecule has 1 aromatic heterocycles. The van der Waals surface area contributed by atoms with Gasteiger partial charge in [-0.15, -0.1) is 11.3 Å². The van der Waals surface area contributed by atoms with Crippen molar-refractivity contribution in [3.8, 4) is 0 Å². The molecular weight excluding hydrogens is 428 g/mol. The summed E-state index contributed by atoms with van der Waals surface area (Å²) in [6, 6.07) is 20.7. The monoisotopic (exact) mass is 464 g/mol. The zero-order chi connectivity index (χ0) is 23.3. The van der Waals surface area contributed by atoms with Gasteiger partial charge in [-0.25, -0.2) is 0 Å². The molecular formula is C27H36N4OS. The molecule has 1 aliphatic rings. The number of hydrogen-bond donors (Lipinski definition) is 3. The van der Waals surface area contributed by atoms with Crippen molar-refractivity contribution in [3.63, 3.8) is 0 Å². The van der Waals surface area contributed by atoms with Gasteiger partial charge in [0.25, 0.3) is 5.91 Å². The molecule has 1 fully saturated rings. The topological polar surface area (TPSA) is 56.4 Å². The Morgan fingerprint density at radius 2 is 1.61 bits per heavy atom. The minimum atomic E-state index is 0.103. The second-order valence-electron chi connectivity index (χ2n) is 7.98. The molecule has 4 rings (SSSR count). The van der Waals surface area contributed by atoms with Gasteiger partial charge in [0.2, 0.25) is 0 Å². The lowest BCUT2D eigenvalue weighted by Crippen LogP contribution is -2.39. The second-order valence-corrected chi connectivity index (χ2v) is 9.02. The summed E-state index contributed by atoms with van der Waals surface area (Å²) in [6.07, 6.45) is 0.855. The molecule has 2 aromatic carbocycles. The summed E-state index contributed by atoms with van der Waals surface area (Å²) in [7, 11) is 0. The van der Waals surface area contributed by atoms with Crippen LogP contribution in [0.4, 0.5) is 5.69 Å². The van der Waals surface area contributed by atoms with Crippen molar-refractivity contribution >= 4 is 22.9 Å². The maximum Gasteiger partial charge on any atom is 0.253 e. The molecule has 0 unspecified atom stereocenters. The molecule has 0 aliphatic carbocycles. The van der Waals surface area contributed by atoms with Gasteiger partial charge in [-0.3, -0.25) is 4.79 Å². The van der Waals surface area contributed by atoms with E-state index in [9.17, 15) is 4.79 Å². The Labute approximate surface area is 202 Å². The lowest BCUT2D eigenvalue weighted by Gasteiger charge is -2.18. The van der Waals surface area contributed by atoms with Crippen LogP contribution in [-0.4, -0.2) is 50.1 Å². The third kappa shape index (κ3) is 8.31. The highest BCUT2D eigenvalue weighted by molar-refractivity contribution is 7.09. The molecule has 3 N–H and O–H groups in total. The Hall–Kier alpha value is -2.67. The van der Waals surface area contributed by atoms with Gasteiger partial charge in [0.1, 0.15) is 0 Å². The summed E-state index contributed by atoms with van der Waals surface area (Å²) in [4.78, 5) is 15.6. The van der Waals surface area contributed by atoms with Crippen molar-refractivity contribution in [2.75, 3.05) is 44.6 Å². The first-order chi connectivity index (χ1) is 16.2. The van der Waals surface area contributed by atoms with E-state index in [4.69, 9.17) is 0 Å². The van der Waals surface area contributed by atoms with E-state index in [1.165, 1.54) is 16.0 Å². The van der Waals surface area contributed by atoms with Crippen LogP contribution in [-0.2, 0) is 13.0 Å². The number of carbonyl (C=O) groups excluding carboxylic acids is 1. The van der Waals surface area contributed by atoms with Crippen LogP contribution in [0.25, 0.3) is 0 Å². The van der Waals surface area contributed by atoms with E-state index in [2.05, 4.69) is 69.9 Å². The fraction of sp³-hybridized carbons (Fsp3) is 0.370. The van der Waals surface area contributed by atoms with E-state index >= 15 is 0 Å². The molecule has 1 saturated heterocycles. The van der Waals surface area contributed by atoms with Crippen LogP contribution >= 0.6 is 11.3 Å². The number of thiophene rings is 1. The fourth-order valence-corrected chi connectivity index (χ4v) is 4.34. The molecule has 33 heavy (non-hydrogen) atoms. The van der Waals surface area contributed by atoms with Crippen LogP contribution in [0.2, 0.25) is 0 Å². The highest BCUT2D eigenvalue weighted by Crippen LogP contribution is 2.18. The average Bonchev–Trinajstić information content (AvgIpc) is 3.39. The standard InChI is InChI=1S/C23H26N2OS.C4H10N2/c1-3-25(4-2)23(26)20-12-10-18(11-13-20)15-19-7-5-8-21(16-19)24-17-22-9-6-14-27-22;1-2-6-4-3-5-1/h5-14,16,24H,3-4,15,17H2,1-2H3;5-6H,1-4H2. The lowest BCUT2D eigenvalue weighted by atomic mass is 10.0. The first kappa shape index (κ1) is 25.0. The molecule has 2 heterocycles. The third-order valence-corrected chi connectivity index (χ3v) is 6.47. The summed E-state index contributed by atoms with van der Waals surface area (Å²) >= 11 is 1.76. The van der Waals surface area contributed by atoms with Gasteiger partial charge in [-0.2, -0.15) is 0 Å². The SMILES string of the molecule is C1CNCCN1.CCN(CC)C(=O)c1ccc(Cc2cccc(NCc3cccs3)c2)cc1. The molecule has 6 heteroatoms. The molecule has 0 atom stereocenters. The molecule has 0 radical (unpaired) electrons. The van der Waals surface area contributed by atoms with Crippen LogP contribution in [0.3, 0.4) is 0 Å². The van der Waals surface area contributed by atoms with Crippen LogP contribution in [0.15, 0.2) is 66.0 Å². The fourth-order valence-electron chi connectivity index (χ4n) is 3.69. The lowest BCUT2D eigenvalue weighted by molar-refractivity contribution is 0.0773. The summed E-state index contributed by atoms with van der Waals surface area (Å²) in [6.45, 7) is 10.9. The van der Waals surface area contributed by atoms with Gasteiger partial charge < -0.3 is 20.9 Å². The van der Waals surface area contributed by atoms with Crippen molar-refractivity contribution in [2.45, 2.75) is 26.8 Å². The van der Waals surface area contributed by atoms with Crippen LogP contribution in [0, 0.1) is 0 Å². The van der Waals surface area contributed by atoms with Crippen molar-refractivity contribution in [1.82, 2.24) is 15.5 Å². The predicted molar refractivity (Wildman–Crippen MR) is 140 cm³/mol. The number of piperazine rings is 1. The minimum absolute atomic E-state index is 0.103.